The van der Waals surface area contributed by atoms with Gasteiger partial charge in [0.2, 0.25) is 11.4 Å². The Labute approximate surface area is 153 Å². The van der Waals surface area contributed by atoms with Gasteiger partial charge in [0.05, 0.1) is 5.56 Å². The van der Waals surface area contributed by atoms with Crippen molar-refractivity contribution in [2.45, 2.75) is 13.0 Å². The summed E-state index contributed by atoms with van der Waals surface area (Å²) in [5.41, 5.74) is 1.14. The first-order valence-corrected chi connectivity index (χ1v) is 8.33. The number of aromatic nitrogens is 3. The minimum absolute atomic E-state index is 0.177. The van der Waals surface area contributed by atoms with Crippen LogP contribution in [0.3, 0.4) is 0 Å². The van der Waals surface area contributed by atoms with Crippen molar-refractivity contribution in [1.82, 2.24) is 15.2 Å². The number of aromatic amines is 1. The number of ether oxygens (including phenoxy) is 1. The Hall–Kier alpha value is -3.74. The van der Waals surface area contributed by atoms with Gasteiger partial charge in [-0.3, -0.25) is 4.79 Å². The summed E-state index contributed by atoms with van der Waals surface area (Å²) in [6.45, 7) is 1.63. The number of hydrogen-bond acceptors (Lipinski definition) is 6. The standard InChI is InChI=1S/C20H15N3O4/c1-12(18-22-23-19(27-18)13-7-3-2-4-8-13)26-20(25)15-11-17(24)21-16-10-6-5-9-14(15)16/h2-12H,1H3,(H,21,24)/t12-/m1/s1. The van der Waals surface area contributed by atoms with Gasteiger partial charge in [-0.25, -0.2) is 4.79 Å². The summed E-state index contributed by atoms with van der Waals surface area (Å²) in [6, 6.07) is 17.5. The number of fused-ring (bicyclic) bond motifs is 1. The van der Waals surface area contributed by atoms with E-state index >= 15 is 0 Å². The first kappa shape index (κ1) is 16.7. The highest BCUT2D eigenvalue weighted by Gasteiger charge is 2.21. The van der Waals surface area contributed by atoms with Crippen LogP contribution in [-0.4, -0.2) is 21.2 Å². The summed E-state index contributed by atoms with van der Waals surface area (Å²) in [4.78, 5) is 27.1. The molecule has 0 aliphatic carbocycles. The van der Waals surface area contributed by atoms with Crippen molar-refractivity contribution in [3.63, 3.8) is 0 Å². The fraction of sp³-hybridized carbons (Fsp3) is 0.100. The summed E-state index contributed by atoms with van der Waals surface area (Å²) in [7, 11) is 0. The minimum atomic E-state index is -0.763. The first-order chi connectivity index (χ1) is 13.1. The lowest BCUT2D eigenvalue weighted by atomic mass is 10.1. The lowest BCUT2D eigenvalue weighted by Gasteiger charge is -2.10. The predicted octanol–water partition coefficient (Wildman–Crippen LogP) is 3.50. The molecule has 4 aromatic rings. The Balaban J connectivity index is 1.59. The number of esters is 1. The number of benzene rings is 2. The lowest BCUT2D eigenvalue weighted by Crippen LogP contribution is -2.14. The second-order valence-corrected chi connectivity index (χ2v) is 5.95. The molecule has 1 atom stereocenters. The summed E-state index contributed by atoms with van der Waals surface area (Å²) in [5.74, 6) is -0.115. The molecule has 7 nitrogen and oxygen atoms in total. The summed E-state index contributed by atoms with van der Waals surface area (Å²) in [5, 5.41) is 8.55. The van der Waals surface area contributed by atoms with Crippen LogP contribution >= 0.6 is 0 Å². The van der Waals surface area contributed by atoms with E-state index in [1.807, 2.05) is 30.3 Å². The summed E-state index contributed by atoms with van der Waals surface area (Å²) in [6.07, 6.45) is -0.763. The van der Waals surface area contributed by atoms with E-state index in [1.165, 1.54) is 6.07 Å². The van der Waals surface area contributed by atoms with Crippen LogP contribution < -0.4 is 5.56 Å². The van der Waals surface area contributed by atoms with E-state index in [0.29, 0.717) is 16.8 Å². The number of pyridine rings is 1. The zero-order valence-corrected chi connectivity index (χ0v) is 14.4. The molecule has 0 aliphatic heterocycles. The smallest absolute Gasteiger partial charge is 0.339 e. The molecule has 0 radical (unpaired) electrons. The van der Waals surface area contributed by atoms with Gasteiger partial charge in [-0.15, -0.1) is 10.2 Å². The molecule has 134 valence electrons. The van der Waals surface area contributed by atoms with Crippen LogP contribution in [0.4, 0.5) is 0 Å². The van der Waals surface area contributed by atoms with Gasteiger partial charge in [0.15, 0.2) is 6.10 Å². The Morgan fingerprint density at radius 3 is 2.63 bits per heavy atom. The summed E-state index contributed by atoms with van der Waals surface area (Å²) < 4.78 is 11.1. The fourth-order valence-electron chi connectivity index (χ4n) is 2.74. The van der Waals surface area contributed by atoms with E-state index in [4.69, 9.17) is 9.15 Å². The molecular weight excluding hydrogens is 346 g/mol. The van der Waals surface area contributed by atoms with Crippen molar-refractivity contribution < 1.29 is 13.9 Å². The maximum Gasteiger partial charge on any atom is 0.339 e. The number of rotatable bonds is 4. The Morgan fingerprint density at radius 1 is 1.07 bits per heavy atom. The van der Waals surface area contributed by atoms with Crippen LogP contribution in [0, 0.1) is 0 Å². The monoisotopic (exact) mass is 361 g/mol. The third-order valence-corrected chi connectivity index (χ3v) is 4.06. The Morgan fingerprint density at radius 2 is 1.81 bits per heavy atom. The molecule has 0 spiro atoms. The SMILES string of the molecule is C[C@@H](OC(=O)c1cc(=O)[nH]c2ccccc12)c1nnc(-c2ccccc2)o1. The van der Waals surface area contributed by atoms with Crippen LogP contribution in [0.15, 0.2) is 69.9 Å². The van der Waals surface area contributed by atoms with E-state index in [-0.39, 0.29) is 17.0 Å². The molecule has 2 aromatic carbocycles. The first-order valence-electron chi connectivity index (χ1n) is 8.33. The topological polar surface area (TPSA) is 98.1 Å². The molecule has 4 rings (SSSR count). The van der Waals surface area contributed by atoms with Crippen LogP contribution in [0.25, 0.3) is 22.4 Å². The van der Waals surface area contributed by atoms with E-state index in [1.54, 1.807) is 31.2 Å². The van der Waals surface area contributed by atoms with Crippen molar-refractivity contribution in [1.29, 1.82) is 0 Å². The highest BCUT2D eigenvalue weighted by atomic mass is 16.6. The van der Waals surface area contributed by atoms with Crippen molar-refractivity contribution in [2.24, 2.45) is 0 Å². The number of H-pyrrole nitrogens is 1. The lowest BCUT2D eigenvalue weighted by molar-refractivity contribution is 0.0282. The molecular formula is C20H15N3O4. The van der Waals surface area contributed by atoms with Crippen molar-refractivity contribution in [3.8, 4) is 11.5 Å². The largest absolute Gasteiger partial charge is 0.449 e. The summed E-state index contributed by atoms with van der Waals surface area (Å²) >= 11 is 0. The Kier molecular flexibility index (Phi) is 4.25. The molecule has 0 bridgehead atoms. The number of hydrogen-bond donors (Lipinski definition) is 1. The van der Waals surface area contributed by atoms with Crippen molar-refractivity contribution in [2.75, 3.05) is 0 Å². The van der Waals surface area contributed by atoms with Crippen LogP contribution in [0.2, 0.25) is 0 Å². The maximum absolute atomic E-state index is 12.6. The zero-order valence-electron chi connectivity index (χ0n) is 14.4. The van der Waals surface area contributed by atoms with E-state index in [2.05, 4.69) is 15.2 Å². The van der Waals surface area contributed by atoms with E-state index < -0.39 is 12.1 Å². The maximum atomic E-state index is 12.6. The fourth-order valence-corrected chi connectivity index (χ4v) is 2.74. The number of para-hydroxylation sites is 1. The molecule has 2 heterocycles. The molecule has 1 N–H and O–H groups in total. The number of nitrogens with one attached hydrogen (secondary N) is 1. The number of carbonyl (C=O) groups excluding carboxylic acids is 1. The highest BCUT2D eigenvalue weighted by Crippen LogP contribution is 2.24. The molecule has 0 saturated carbocycles. The highest BCUT2D eigenvalue weighted by molar-refractivity contribution is 6.03. The number of carbonyl (C=O) groups is 1. The third kappa shape index (κ3) is 3.35. The van der Waals surface area contributed by atoms with Crippen LogP contribution in [0.1, 0.15) is 29.3 Å². The molecule has 2 aromatic heterocycles. The molecule has 27 heavy (non-hydrogen) atoms. The van der Waals surface area contributed by atoms with Gasteiger partial charge in [0, 0.05) is 22.5 Å². The Bertz CT molecular complexity index is 1160. The molecule has 0 amide bonds. The van der Waals surface area contributed by atoms with Gasteiger partial charge in [-0.1, -0.05) is 36.4 Å². The van der Waals surface area contributed by atoms with Crippen LogP contribution in [0.5, 0.6) is 0 Å². The van der Waals surface area contributed by atoms with Gasteiger partial charge in [-0.05, 0) is 25.1 Å². The molecule has 7 heteroatoms. The normalized spacial score (nSPS) is 12.0. The van der Waals surface area contributed by atoms with Gasteiger partial charge < -0.3 is 14.1 Å². The van der Waals surface area contributed by atoms with Gasteiger partial charge in [0.25, 0.3) is 5.89 Å². The third-order valence-electron chi connectivity index (χ3n) is 4.06. The molecule has 0 fully saturated rings. The molecule has 0 aliphatic rings. The molecule has 0 saturated heterocycles. The van der Waals surface area contributed by atoms with Crippen molar-refractivity contribution in [3.05, 3.63) is 82.5 Å². The quantitative estimate of drug-likeness (QED) is 0.559. The van der Waals surface area contributed by atoms with Gasteiger partial charge in [0.1, 0.15) is 0 Å². The van der Waals surface area contributed by atoms with E-state index in [9.17, 15) is 9.59 Å². The van der Waals surface area contributed by atoms with E-state index in [0.717, 1.165) is 5.56 Å². The predicted molar refractivity (Wildman–Crippen MR) is 98.1 cm³/mol. The van der Waals surface area contributed by atoms with Gasteiger partial charge >= 0.3 is 5.97 Å². The van der Waals surface area contributed by atoms with Gasteiger partial charge in [-0.2, -0.15) is 0 Å². The van der Waals surface area contributed by atoms with Crippen LogP contribution in [-0.2, 0) is 4.74 Å². The second kappa shape index (κ2) is 6.87. The average molecular weight is 361 g/mol. The molecule has 0 unspecified atom stereocenters. The zero-order chi connectivity index (χ0) is 18.8. The van der Waals surface area contributed by atoms with Crippen molar-refractivity contribution >= 4 is 16.9 Å². The minimum Gasteiger partial charge on any atom is -0.449 e. The number of nitrogens with zero attached hydrogens (tertiary/aromatic N) is 2. The second-order valence-electron chi connectivity index (χ2n) is 5.95. The average Bonchev–Trinajstić information content (AvgIpc) is 3.18.